The molecule has 2 aromatic rings. The van der Waals surface area contributed by atoms with Gasteiger partial charge in [-0.1, -0.05) is 30.4 Å². The summed E-state index contributed by atoms with van der Waals surface area (Å²) in [4.78, 5) is 38.2. The minimum absolute atomic E-state index is 0.0392. The van der Waals surface area contributed by atoms with Gasteiger partial charge >= 0.3 is 0 Å². The fraction of sp³-hybridized carbons (Fsp3) is 0.462. The van der Waals surface area contributed by atoms with Crippen LogP contribution in [0.15, 0.2) is 36.4 Å². The van der Waals surface area contributed by atoms with Crippen LogP contribution in [-0.4, -0.2) is 46.9 Å². The van der Waals surface area contributed by atoms with Crippen LogP contribution in [0.3, 0.4) is 0 Å². The molecular weight excluding hydrogens is 416 g/mol. The maximum absolute atomic E-state index is 12.8. The van der Waals surface area contributed by atoms with E-state index in [0.29, 0.717) is 56.5 Å². The topological polar surface area (TPSA) is 75.6 Å². The van der Waals surface area contributed by atoms with E-state index in [1.54, 1.807) is 16.8 Å². The van der Waals surface area contributed by atoms with Gasteiger partial charge in [0.1, 0.15) is 24.0 Å². The standard InChI is InChI=1S/C26H32N4O3/c1-18-8-4-7-11-22(18)33-15-14-30-24(31)13-12-21-19(2)27-23(28-26(21)30)17-29(3)25(32)16-20-9-5-6-10-20/h4-5,7-9,11,20H,6,10,12-17H2,1-3H3/t20-/m1/s1. The zero-order valence-corrected chi connectivity index (χ0v) is 19.7. The summed E-state index contributed by atoms with van der Waals surface area (Å²) in [6.07, 6.45) is 7.95. The Balaban J connectivity index is 1.46. The van der Waals surface area contributed by atoms with E-state index in [9.17, 15) is 9.59 Å². The van der Waals surface area contributed by atoms with E-state index in [2.05, 4.69) is 17.1 Å². The molecule has 0 fully saturated rings. The highest BCUT2D eigenvalue weighted by atomic mass is 16.5. The molecule has 4 rings (SSSR count). The molecule has 0 radical (unpaired) electrons. The Morgan fingerprint density at radius 3 is 2.79 bits per heavy atom. The molecule has 2 amide bonds. The maximum atomic E-state index is 12.8. The summed E-state index contributed by atoms with van der Waals surface area (Å²) in [5.41, 5.74) is 2.93. The number of para-hydroxylation sites is 1. The van der Waals surface area contributed by atoms with Gasteiger partial charge in [-0.05, 0) is 50.7 Å². The van der Waals surface area contributed by atoms with Crippen molar-refractivity contribution in [1.82, 2.24) is 14.9 Å². The fourth-order valence-electron chi connectivity index (χ4n) is 4.45. The molecule has 7 heteroatoms. The van der Waals surface area contributed by atoms with Crippen molar-refractivity contribution in [2.24, 2.45) is 5.92 Å². The minimum atomic E-state index is 0.0392. The molecule has 0 N–H and O–H groups in total. The highest BCUT2D eigenvalue weighted by Gasteiger charge is 2.28. The van der Waals surface area contributed by atoms with Crippen molar-refractivity contribution in [2.75, 3.05) is 25.1 Å². The van der Waals surface area contributed by atoms with Crippen LogP contribution in [0.25, 0.3) is 0 Å². The van der Waals surface area contributed by atoms with E-state index in [0.717, 1.165) is 35.4 Å². The van der Waals surface area contributed by atoms with Gasteiger partial charge in [-0.2, -0.15) is 0 Å². The smallest absolute Gasteiger partial charge is 0.228 e. The first-order valence-corrected chi connectivity index (χ1v) is 11.7. The third kappa shape index (κ3) is 5.41. The number of ether oxygens (including phenoxy) is 1. The molecule has 1 aliphatic carbocycles. The summed E-state index contributed by atoms with van der Waals surface area (Å²) in [7, 11) is 1.79. The second kappa shape index (κ2) is 10.1. The molecule has 0 saturated carbocycles. The number of hydrogen-bond acceptors (Lipinski definition) is 5. The number of carbonyl (C=O) groups excluding carboxylic acids is 2. The molecule has 1 aromatic carbocycles. The number of anilines is 1. The van der Waals surface area contributed by atoms with Crippen molar-refractivity contribution in [3.05, 3.63) is 59.1 Å². The van der Waals surface area contributed by atoms with Gasteiger partial charge in [0.2, 0.25) is 11.8 Å². The van der Waals surface area contributed by atoms with E-state index in [-0.39, 0.29) is 11.8 Å². The average Bonchev–Trinajstić information content (AvgIpc) is 3.29. The highest BCUT2D eigenvalue weighted by molar-refractivity contribution is 5.95. The lowest BCUT2D eigenvalue weighted by atomic mass is 10.0. The van der Waals surface area contributed by atoms with Gasteiger partial charge in [-0.25, -0.2) is 9.97 Å². The van der Waals surface area contributed by atoms with Crippen molar-refractivity contribution < 1.29 is 14.3 Å². The minimum Gasteiger partial charge on any atom is -0.491 e. The quantitative estimate of drug-likeness (QED) is 0.575. The largest absolute Gasteiger partial charge is 0.491 e. The third-order valence-electron chi connectivity index (χ3n) is 6.40. The molecule has 2 heterocycles. The third-order valence-corrected chi connectivity index (χ3v) is 6.40. The molecule has 2 aliphatic rings. The summed E-state index contributed by atoms with van der Waals surface area (Å²) >= 11 is 0. The summed E-state index contributed by atoms with van der Waals surface area (Å²) in [6.45, 7) is 5.07. The Kier molecular flexibility index (Phi) is 7.06. The zero-order valence-electron chi connectivity index (χ0n) is 19.7. The summed E-state index contributed by atoms with van der Waals surface area (Å²) in [5.74, 6) is 2.49. The molecule has 0 unspecified atom stereocenters. The molecule has 0 spiro atoms. The van der Waals surface area contributed by atoms with Crippen LogP contribution in [0.1, 0.15) is 48.3 Å². The van der Waals surface area contributed by atoms with Gasteiger partial charge in [-0.15, -0.1) is 0 Å². The fourth-order valence-corrected chi connectivity index (χ4v) is 4.45. The van der Waals surface area contributed by atoms with Crippen LogP contribution in [0, 0.1) is 19.8 Å². The van der Waals surface area contributed by atoms with E-state index in [4.69, 9.17) is 9.72 Å². The number of aromatic nitrogens is 2. The Morgan fingerprint density at radius 2 is 2.03 bits per heavy atom. The Hall–Kier alpha value is -3.22. The van der Waals surface area contributed by atoms with Crippen LogP contribution in [0.4, 0.5) is 5.82 Å². The molecule has 33 heavy (non-hydrogen) atoms. The molecule has 1 aliphatic heterocycles. The number of allylic oxidation sites excluding steroid dienone is 2. The van der Waals surface area contributed by atoms with Crippen molar-refractivity contribution in [2.45, 2.75) is 52.5 Å². The van der Waals surface area contributed by atoms with E-state index < -0.39 is 0 Å². The van der Waals surface area contributed by atoms with Gasteiger partial charge in [0.25, 0.3) is 0 Å². The number of fused-ring (bicyclic) bond motifs is 1. The lowest BCUT2D eigenvalue weighted by Crippen LogP contribution is -2.40. The molecular formula is C26H32N4O3. The van der Waals surface area contributed by atoms with E-state index in [1.807, 2.05) is 38.1 Å². The molecule has 0 saturated heterocycles. The summed E-state index contributed by atoms with van der Waals surface area (Å²) in [6, 6.07) is 7.84. The predicted octanol–water partition coefficient (Wildman–Crippen LogP) is 3.77. The number of rotatable bonds is 8. The van der Waals surface area contributed by atoms with Crippen LogP contribution in [0.2, 0.25) is 0 Å². The summed E-state index contributed by atoms with van der Waals surface area (Å²) < 4.78 is 5.93. The van der Waals surface area contributed by atoms with Crippen LogP contribution >= 0.6 is 0 Å². The number of carbonyl (C=O) groups is 2. The molecule has 0 bridgehead atoms. The van der Waals surface area contributed by atoms with E-state index >= 15 is 0 Å². The lowest BCUT2D eigenvalue weighted by Gasteiger charge is -2.30. The highest BCUT2D eigenvalue weighted by Crippen LogP contribution is 2.28. The first-order chi connectivity index (χ1) is 15.9. The van der Waals surface area contributed by atoms with Crippen LogP contribution < -0.4 is 9.64 Å². The van der Waals surface area contributed by atoms with Crippen LogP contribution in [-0.2, 0) is 22.6 Å². The average molecular weight is 449 g/mol. The van der Waals surface area contributed by atoms with Gasteiger partial charge in [-0.3, -0.25) is 14.5 Å². The first kappa shape index (κ1) is 23.0. The van der Waals surface area contributed by atoms with Crippen molar-refractivity contribution in [3.63, 3.8) is 0 Å². The Labute approximate surface area is 195 Å². The lowest BCUT2D eigenvalue weighted by molar-refractivity contribution is -0.131. The maximum Gasteiger partial charge on any atom is 0.228 e. The van der Waals surface area contributed by atoms with Crippen molar-refractivity contribution in [3.8, 4) is 5.75 Å². The normalized spacial score (nSPS) is 17.2. The molecule has 1 atom stereocenters. The Bertz CT molecular complexity index is 1070. The molecule has 7 nitrogen and oxygen atoms in total. The van der Waals surface area contributed by atoms with Gasteiger partial charge < -0.3 is 9.64 Å². The predicted molar refractivity (Wildman–Crippen MR) is 127 cm³/mol. The van der Waals surface area contributed by atoms with Crippen LogP contribution in [0.5, 0.6) is 5.75 Å². The number of hydrogen-bond donors (Lipinski definition) is 0. The van der Waals surface area contributed by atoms with Gasteiger partial charge in [0, 0.05) is 31.1 Å². The summed E-state index contributed by atoms with van der Waals surface area (Å²) in [5, 5.41) is 0. The first-order valence-electron chi connectivity index (χ1n) is 11.7. The molecule has 1 aromatic heterocycles. The van der Waals surface area contributed by atoms with Gasteiger partial charge in [0.15, 0.2) is 0 Å². The second-order valence-corrected chi connectivity index (χ2v) is 8.91. The van der Waals surface area contributed by atoms with Gasteiger partial charge in [0.05, 0.1) is 13.1 Å². The SMILES string of the molecule is Cc1ccccc1OCCN1C(=O)CCc2c(C)nc(CN(C)C(=O)C[C@@H]3C=CCC3)nc21. The zero-order chi connectivity index (χ0) is 23.4. The number of aryl methyl sites for hydroxylation is 2. The second-order valence-electron chi connectivity index (χ2n) is 8.91. The van der Waals surface area contributed by atoms with E-state index in [1.165, 1.54) is 0 Å². The number of nitrogens with zero attached hydrogens (tertiary/aromatic N) is 4. The molecule has 174 valence electrons. The number of amides is 2. The monoisotopic (exact) mass is 448 g/mol. The number of benzene rings is 1. The Morgan fingerprint density at radius 1 is 1.21 bits per heavy atom. The van der Waals surface area contributed by atoms with Crippen molar-refractivity contribution in [1.29, 1.82) is 0 Å². The van der Waals surface area contributed by atoms with Crippen molar-refractivity contribution >= 4 is 17.6 Å².